The third-order valence-corrected chi connectivity index (χ3v) is 7.82. The van der Waals surface area contributed by atoms with Gasteiger partial charge in [0, 0.05) is 32.0 Å². The van der Waals surface area contributed by atoms with Crippen LogP contribution >= 0.6 is 0 Å². The summed E-state index contributed by atoms with van der Waals surface area (Å²) in [4.78, 5) is 17.5. The number of sulfonamides is 1. The van der Waals surface area contributed by atoms with Crippen molar-refractivity contribution in [3.8, 4) is 5.69 Å². The van der Waals surface area contributed by atoms with Gasteiger partial charge >= 0.3 is 0 Å². The number of carbonyl (C=O) groups is 1. The molecule has 4 rings (SSSR count). The highest BCUT2D eigenvalue weighted by Crippen LogP contribution is 2.24. The van der Waals surface area contributed by atoms with Crippen LogP contribution in [-0.2, 0) is 21.4 Å². The molecular weight excluding hydrogens is 424 g/mol. The largest absolute Gasteiger partial charge is 0.352 e. The molecule has 1 fully saturated rings. The number of aromatic nitrogens is 2. The number of nitrogens with zero attached hydrogens (tertiary/aromatic N) is 3. The lowest BCUT2D eigenvalue weighted by Gasteiger charge is -2.31. The number of rotatable bonds is 6. The van der Waals surface area contributed by atoms with Gasteiger partial charge in [0.25, 0.3) is 0 Å². The summed E-state index contributed by atoms with van der Waals surface area (Å²) in [5.41, 5.74) is 2.95. The smallest absolute Gasteiger partial charge is 0.243 e. The van der Waals surface area contributed by atoms with Crippen LogP contribution in [0, 0.1) is 19.8 Å². The standard InChI is InChI=1S/C24H28N4O3S/c1-18-9-11-22(12-10-18)32(30,31)27-14-5-7-21(17-27)24(29)26-16-20-6-3-4-8-23(20)28-15-13-25-19(28)2/h3-4,6,8-13,15,21H,5,7,14,16-17H2,1-2H3,(H,26,29)/t21-/m0/s1. The maximum Gasteiger partial charge on any atom is 0.243 e. The number of aryl methyl sites for hydroxylation is 2. The number of amides is 1. The van der Waals surface area contributed by atoms with E-state index in [0.29, 0.717) is 25.9 Å². The molecule has 3 aromatic rings. The third kappa shape index (κ3) is 4.61. The number of nitrogens with one attached hydrogen (secondary N) is 1. The van der Waals surface area contributed by atoms with Gasteiger partial charge in [-0.3, -0.25) is 4.79 Å². The van der Waals surface area contributed by atoms with Crippen molar-refractivity contribution in [3.05, 3.63) is 77.9 Å². The molecule has 0 aliphatic carbocycles. The molecule has 0 bridgehead atoms. The highest BCUT2D eigenvalue weighted by molar-refractivity contribution is 7.89. The first-order valence-corrected chi connectivity index (χ1v) is 12.2. The molecule has 0 spiro atoms. The molecule has 1 amide bonds. The van der Waals surface area contributed by atoms with Crippen LogP contribution in [0.1, 0.15) is 29.8 Å². The van der Waals surface area contributed by atoms with Crippen molar-refractivity contribution in [3.63, 3.8) is 0 Å². The van der Waals surface area contributed by atoms with E-state index in [1.165, 1.54) is 4.31 Å². The van der Waals surface area contributed by atoms with E-state index >= 15 is 0 Å². The van der Waals surface area contributed by atoms with Crippen molar-refractivity contribution in [1.82, 2.24) is 19.2 Å². The molecule has 7 nitrogen and oxygen atoms in total. The van der Waals surface area contributed by atoms with Gasteiger partial charge in [-0.2, -0.15) is 4.31 Å². The Balaban J connectivity index is 1.44. The van der Waals surface area contributed by atoms with Crippen molar-refractivity contribution >= 4 is 15.9 Å². The summed E-state index contributed by atoms with van der Waals surface area (Å²) >= 11 is 0. The highest BCUT2D eigenvalue weighted by Gasteiger charge is 2.33. The van der Waals surface area contributed by atoms with E-state index in [-0.39, 0.29) is 23.3 Å². The minimum Gasteiger partial charge on any atom is -0.352 e. The van der Waals surface area contributed by atoms with Crippen molar-refractivity contribution in [2.45, 2.75) is 38.1 Å². The lowest BCUT2D eigenvalue weighted by molar-refractivity contribution is -0.126. The second kappa shape index (κ2) is 9.26. The Labute approximate surface area is 189 Å². The average Bonchev–Trinajstić information content (AvgIpc) is 3.23. The average molecular weight is 453 g/mol. The molecule has 1 saturated heterocycles. The quantitative estimate of drug-likeness (QED) is 0.622. The van der Waals surface area contributed by atoms with Gasteiger partial charge in [-0.25, -0.2) is 13.4 Å². The molecule has 32 heavy (non-hydrogen) atoms. The molecule has 0 radical (unpaired) electrons. The van der Waals surface area contributed by atoms with Gasteiger partial charge in [-0.1, -0.05) is 35.9 Å². The maximum atomic E-state index is 13.0. The number of imidazole rings is 1. The van der Waals surface area contributed by atoms with E-state index in [9.17, 15) is 13.2 Å². The van der Waals surface area contributed by atoms with Crippen LogP contribution in [0.4, 0.5) is 0 Å². The number of hydrogen-bond donors (Lipinski definition) is 1. The van der Waals surface area contributed by atoms with Crippen LogP contribution in [0.15, 0.2) is 65.8 Å². The normalized spacial score (nSPS) is 17.2. The fourth-order valence-electron chi connectivity index (χ4n) is 4.09. The number of para-hydroxylation sites is 1. The second-order valence-corrected chi connectivity index (χ2v) is 10.1. The SMILES string of the molecule is Cc1ccc(S(=O)(=O)N2CCC[C@H](C(=O)NCc3ccccc3-n3ccnc3C)C2)cc1. The van der Waals surface area contributed by atoms with Crippen LogP contribution < -0.4 is 5.32 Å². The van der Waals surface area contributed by atoms with Crippen molar-refractivity contribution < 1.29 is 13.2 Å². The Morgan fingerprint density at radius 3 is 2.59 bits per heavy atom. The third-order valence-electron chi connectivity index (χ3n) is 5.94. The van der Waals surface area contributed by atoms with Crippen LogP contribution in [0.5, 0.6) is 0 Å². The first kappa shape index (κ1) is 22.2. The van der Waals surface area contributed by atoms with Crippen LogP contribution in [-0.4, -0.2) is 41.3 Å². The van der Waals surface area contributed by atoms with Crippen molar-refractivity contribution in [2.24, 2.45) is 5.92 Å². The molecular formula is C24H28N4O3S. The topological polar surface area (TPSA) is 84.3 Å². The monoisotopic (exact) mass is 452 g/mol. The zero-order valence-corrected chi connectivity index (χ0v) is 19.2. The minimum absolute atomic E-state index is 0.119. The molecule has 0 saturated carbocycles. The van der Waals surface area contributed by atoms with E-state index in [4.69, 9.17) is 0 Å². The number of hydrogen-bond acceptors (Lipinski definition) is 4. The van der Waals surface area contributed by atoms with Gasteiger partial charge in [-0.15, -0.1) is 0 Å². The van der Waals surface area contributed by atoms with Gasteiger partial charge in [0.15, 0.2) is 0 Å². The van der Waals surface area contributed by atoms with E-state index in [1.54, 1.807) is 30.5 Å². The van der Waals surface area contributed by atoms with E-state index < -0.39 is 10.0 Å². The zero-order valence-electron chi connectivity index (χ0n) is 18.4. The molecule has 1 atom stereocenters. The summed E-state index contributed by atoms with van der Waals surface area (Å²) in [5.74, 6) is 0.380. The van der Waals surface area contributed by atoms with Crippen LogP contribution in [0.2, 0.25) is 0 Å². The predicted molar refractivity (Wildman–Crippen MR) is 123 cm³/mol. The molecule has 0 unspecified atom stereocenters. The molecule has 1 aromatic heterocycles. The second-order valence-electron chi connectivity index (χ2n) is 8.21. The predicted octanol–water partition coefficient (Wildman–Crippen LogP) is 3.21. The van der Waals surface area contributed by atoms with Gasteiger partial charge in [0.2, 0.25) is 15.9 Å². The highest BCUT2D eigenvalue weighted by atomic mass is 32.2. The van der Waals surface area contributed by atoms with E-state index in [2.05, 4.69) is 10.3 Å². The Hall–Kier alpha value is -2.97. The number of benzene rings is 2. The van der Waals surface area contributed by atoms with E-state index in [0.717, 1.165) is 22.6 Å². The first-order valence-electron chi connectivity index (χ1n) is 10.8. The summed E-state index contributed by atoms with van der Waals surface area (Å²) in [7, 11) is -3.61. The molecule has 168 valence electrons. The molecule has 2 aromatic carbocycles. The summed E-state index contributed by atoms with van der Waals surface area (Å²) in [6.07, 6.45) is 4.97. The lowest BCUT2D eigenvalue weighted by atomic mass is 9.98. The van der Waals surface area contributed by atoms with Crippen LogP contribution in [0.3, 0.4) is 0 Å². The summed E-state index contributed by atoms with van der Waals surface area (Å²) in [6, 6.07) is 14.7. The number of piperidine rings is 1. The molecule has 8 heteroatoms. The molecule has 1 aliphatic heterocycles. The fourth-order valence-corrected chi connectivity index (χ4v) is 5.61. The fraction of sp³-hybridized carbons (Fsp3) is 0.333. The van der Waals surface area contributed by atoms with Crippen LogP contribution in [0.25, 0.3) is 5.69 Å². The Morgan fingerprint density at radius 1 is 1.12 bits per heavy atom. The van der Waals surface area contributed by atoms with Gasteiger partial charge in [0.05, 0.1) is 16.5 Å². The van der Waals surface area contributed by atoms with E-state index in [1.807, 2.05) is 48.9 Å². The first-order chi connectivity index (χ1) is 15.4. The van der Waals surface area contributed by atoms with Gasteiger partial charge in [0.1, 0.15) is 5.82 Å². The summed E-state index contributed by atoms with van der Waals surface area (Å²) in [6.45, 7) is 4.85. The molecule has 1 N–H and O–H groups in total. The maximum absolute atomic E-state index is 13.0. The lowest BCUT2D eigenvalue weighted by Crippen LogP contribution is -2.45. The Kier molecular flexibility index (Phi) is 6.43. The Bertz CT molecular complexity index is 1200. The Morgan fingerprint density at radius 2 is 1.88 bits per heavy atom. The molecule has 1 aliphatic rings. The van der Waals surface area contributed by atoms with Gasteiger partial charge in [-0.05, 0) is 50.5 Å². The van der Waals surface area contributed by atoms with Crippen molar-refractivity contribution in [2.75, 3.05) is 13.1 Å². The van der Waals surface area contributed by atoms with Gasteiger partial charge < -0.3 is 9.88 Å². The zero-order chi connectivity index (χ0) is 22.7. The van der Waals surface area contributed by atoms with Crippen molar-refractivity contribution in [1.29, 1.82) is 0 Å². The molecule has 2 heterocycles. The minimum atomic E-state index is -3.61. The summed E-state index contributed by atoms with van der Waals surface area (Å²) < 4.78 is 29.5. The summed E-state index contributed by atoms with van der Waals surface area (Å²) in [5, 5.41) is 3.02. The number of carbonyl (C=O) groups excluding carboxylic acids is 1.